The second kappa shape index (κ2) is 4.91. The Hall–Kier alpha value is -1.66. The number of carbonyl (C=O) groups excluding carboxylic acids is 1. The monoisotopic (exact) mass is 254 g/mol. The minimum atomic E-state index is -1.03. The molecule has 5 nitrogen and oxygen atoms in total. The van der Waals surface area contributed by atoms with Crippen LogP contribution in [0.5, 0.6) is 5.75 Å². The van der Waals surface area contributed by atoms with Gasteiger partial charge in [0.05, 0.1) is 13.7 Å². The van der Waals surface area contributed by atoms with Gasteiger partial charge in [0.25, 0.3) is 0 Å². The maximum Gasteiger partial charge on any atom is 0.246 e. The summed E-state index contributed by atoms with van der Waals surface area (Å²) < 4.78 is 23.3. The summed E-state index contributed by atoms with van der Waals surface area (Å²) in [5.74, 6) is -0.784. The Morgan fingerprint density at radius 3 is 2.94 bits per heavy atom. The molecule has 3 N–H and O–H groups in total. The molecule has 0 aliphatic carbocycles. The van der Waals surface area contributed by atoms with Crippen LogP contribution >= 0.6 is 0 Å². The maximum atomic E-state index is 13.4. The molecule has 1 unspecified atom stereocenters. The van der Waals surface area contributed by atoms with Gasteiger partial charge in [-0.2, -0.15) is 0 Å². The SMILES string of the molecule is COc1ccc(NC(=O)C2(N)CCOC2)cc1F. The second-order valence-electron chi connectivity index (χ2n) is 4.26. The lowest BCUT2D eigenvalue weighted by atomic mass is 9.99. The van der Waals surface area contributed by atoms with E-state index in [1.54, 1.807) is 6.07 Å². The van der Waals surface area contributed by atoms with Crippen molar-refractivity contribution < 1.29 is 18.7 Å². The fraction of sp³-hybridized carbons (Fsp3) is 0.417. The van der Waals surface area contributed by atoms with Gasteiger partial charge in [0, 0.05) is 18.4 Å². The van der Waals surface area contributed by atoms with Crippen molar-refractivity contribution in [3.8, 4) is 5.75 Å². The van der Waals surface area contributed by atoms with Crippen LogP contribution in [-0.2, 0) is 9.53 Å². The Bertz CT molecular complexity index is 459. The molecule has 2 rings (SSSR count). The summed E-state index contributed by atoms with van der Waals surface area (Å²) in [6, 6.07) is 4.19. The molecule has 18 heavy (non-hydrogen) atoms. The third-order valence-electron chi connectivity index (χ3n) is 2.91. The van der Waals surface area contributed by atoms with Gasteiger partial charge in [0.1, 0.15) is 5.54 Å². The van der Waals surface area contributed by atoms with E-state index < -0.39 is 11.4 Å². The van der Waals surface area contributed by atoms with Gasteiger partial charge >= 0.3 is 0 Å². The first-order chi connectivity index (χ1) is 8.55. The molecule has 1 fully saturated rings. The van der Waals surface area contributed by atoms with Crippen LogP contribution in [-0.4, -0.2) is 31.8 Å². The number of amides is 1. The molecule has 1 amide bonds. The minimum absolute atomic E-state index is 0.125. The van der Waals surface area contributed by atoms with E-state index in [2.05, 4.69) is 5.32 Å². The number of hydrogen-bond donors (Lipinski definition) is 2. The summed E-state index contributed by atoms with van der Waals surface area (Å²) in [5, 5.41) is 2.58. The van der Waals surface area contributed by atoms with Crippen LogP contribution in [0.15, 0.2) is 18.2 Å². The van der Waals surface area contributed by atoms with Crippen molar-refractivity contribution in [3.05, 3.63) is 24.0 Å². The first-order valence-electron chi connectivity index (χ1n) is 5.57. The lowest BCUT2D eigenvalue weighted by Gasteiger charge is -2.20. The van der Waals surface area contributed by atoms with Crippen molar-refractivity contribution in [1.82, 2.24) is 0 Å². The highest BCUT2D eigenvalue weighted by Gasteiger charge is 2.38. The van der Waals surface area contributed by atoms with Crippen molar-refractivity contribution in [2.75, 3.05) is 25.6 Å². The number of ether oxygens (including phenoxy) is 2. The Labute approximate surface area is 104 Å². The van der Waals surface area contributed by atoms with Gasteiger partial charge in [-0.25, -0.2) is 4.39 Å². The number of benzene rings is 1. The number of hydrogen-bond acceptors (Lipinski definition) is 4. The summed E-state index contributed by atoms with van der Waals surface area (Å²) in [5.41, 5.74) is 5.20. The van der Waals surface area contributed by atoms with Crippen LogP contribution in [0, 0.1) is 5.82 Å². The number of nitrogens with one attached hydrogen (secondary N) is 1. The van der Waals surface area contributed by atoms with Crippen LogP contribution in [0.2, 0.25) is 0 Å². The first kappa shape index (κ1) is 12.8. The number of anilines is 1. The zero-order valence-corrected chi connectivity index (χ0v) is 10.0. The smallest absolute Gasteiger partial charge is 0.246 e. The summed E-state index contributed by atoms with van der Waals surface area (Å²) in [6.07, 6.45) is 0.456. The van der Waals surface area contributed by atoms with E-state index >= 15 is 0 Å². The molecule has 1 aliphatic heterocycles. The van der Waals surface area contributed by atoms with E-state index in [9.17, 15) is 9.18 Å². The topological polar surface area (TPSA) is 73.6 Å². The zero-order chi connectivity index (χ0) is 13.2. The van der Waals surface area contributed by atoms with E-state index in [0.29, 0.717) is 18.7 Å². The fourth-order valence-corrected chi connectivity index (χ4v) is 1.76. The molecule has 0 saturated carbocycles. The van der Waals surface area contributed by atoms with Crippen LogP contribution in [0.25, 0.3) is 0 Å². The minimum Gasteiger partial charge on any atom is -0.494 e. The van der Waals surface area contributed by atoms with Gasteiger partial charge in [-0.3, -0.25) is 4.79 Å². The number of rotatable bonds is 3. The Morgan fingerprint density at radius 2 is 2.39 bits per heavy atom. The molecule has 1 atom stereocenters. The summed E-state index contributed by atoms with van der Waals surface area (Å²) >= 11 is 0. The van der Waals surface area contributed by atoms with Crippen LogP contribution < -0.4 is 15.8 Å². The lowest BCUT2D eigenvalue weighted by Crippen LogP contribution is -2.51. The summed E-state index contributed by atoms with van der Waals surface area (Å²) in [4.78, 5) is 11.9. The Morgan fingerprint density at radius 1 is 1.61 bits per heavy atom. The highest BCUT2D eigenvalue weighted by molar-refractivity contribution is 5.98. The van der Waals surface area contributed by atoms with Gasteiger partial charge < -0.3 is 20.5 Å². The standard InChI is InChI=1S/C12H15FN2O3/c1-17-10-3-2-8(6-9(10)13)15-11(16)12(14)4-5-18-7-12/h2-3,6H,4-5,7,14H2,1H3,(H,15,16). The van der Waals surface area contributed by atoms with Crippen LogP contribution in [0.4, 0.5) is 10.1 Å². The molecule has 0 radical (unpaired) electrons. The fourth-order valence-electron chi connectivity index (χ4n) is 1.76. The predicted molar refractivity (Wildman–Crippen MR) is 63.9 cm³/mol. The molecule has 0 spiro atoms. The maximum absolute atomic E-state index is 13.4. The van der Waals surface area contributed by atoms with Crippen molar-refractivity contribution in [2.45, 2.75) is 12.0 Å². The van der Waals surface area contributed by atoms with Crippen LogP contribution in [0.3, 0.4) is 0 Å². The predicted octanol–water partition coefficient (Wildman–Crippen LogP) is 0.891. The van der Waals surface area contributed by atoms with E-state index in [-0.39, 0.29) is 18.3 Å². The second-order valence-corrected chi connectivity index (χ2v) is 4.26. The van der Waals surface area contributed by atoms with Gasteiger partial charge in [-0.15, -0.1) is 0 Å². The molecular formula is C12H15FN2O3. The number of nitrogens with two attached hydrogens (primary N) is 1. The van der Waals surface area contributed by atoms with Gasteiger partial charge in [0.15, 0.2) is 11.6 Å². The van der Waals surface area contributed by atoms with Crippen molar-refractivity contribution in [2.24, 2.45) is 5.73 Å². The van der Waals surface area contributed by atoms with E-state index in [1.807, 2.05) is 0 Å². The van der Waals surface area contributed by atoms with Gasteiger partial charge in [0.2, 0.25) is 5.91 Å². The van der Waals surface area contributed by atoms with Crippen LogP contribution in [0.1, 0.15) is 6.42 Å². The van der Waals surface area contributed by atoms with Crippen molar-refractivity contribution in [1.29, 1.82) is 0 Å². The summed E-state index contributed by atoms with van der Waals surface area (Å²) in [6.45, 7) is 0.637. The third kappa shape index (κ3) is 2.44. The highest BCUT2D eigenvalue weighted by atomic mass is 19.1. The van der Waals surface area contributed by atoms with Crippen molar-refractivity contribution in [3.63, 3.8) is 0 Å². The Balaban J connectivity index is 2.09. The molecule has 0 aromatic heterocycles. The highest BCUT2D eigenvalue weighted by Crippen LogP contribution is 2.22. The normalized spacial score (nSPS) is 22.8. The first-order valence-corrected chi connectivity index (χ1v) is 5.57. The lowest BCUT2D eigenvalue weighted by molar-refractivity contribution is -0.121. The quantitative estimate of drug-likeness (QED) is 0.840. The number of halogens is 1. The number of carbonyl (C=O) groups is 1. The average Bonchev–Trinajstić information content (AvgIpc) is 2.78. The molecule has 0 bridgehead atoms. The van der Waals surface area contributed by atoms with Gasteiger partial charge in [-0.05, 0) is 18.6 Å². The number of methoxy groups -OCH3 is 1. The molecule has 1 aromatic carbocycles. The molecular weight excluding hydrogens is 239 g/mol. The van der Waals surface area contributed by atoms with E-state index in [4.69, 9.17) is 15.2 Å². The molecule has 1 heterocycles. The largest absolute Gasteiger partial charge is 0.494 e. The van der Waals surface area contributed by atoms with E-state index in [1.165, 1.54) is 19.2 Å². The zero-order valence-electron chi connectivity index (χ0n) is 10.0. The molecule has 98 valence electrons. The van der Waals surface area contributed by atoms with Gasteiger partial charge in [-0.1, -0.05) is 0 Å². The van der Waals surface area contributed by atoms with Crippen molar-refractivity contribution >= 4 is 11.6 Å². The summed E-state index contributed by atoms with van der Waals surface area (Å²) in [7, 11) is 1.38. The molecule has 1 aliphatic rings. The molecule has 1 aromatic rings. The van der Waals surface area contributed by atoms with E-state index in [0.717, 1.165) is 0 Å². The molecule has 1 saturated heterocycles. The average molecular weight is 254 g/mol. The molecule has 6 heteroatoms. The third-order valence-corrected chi connectivity index (χ3v) is 2.91. The Kier molecular flexibility index (Phi) is 3.49.